The number of benzene rings is 1. The number of anilines is 1. The zero-order valence-corrected chi connectivity index (χ0v) is 15.3. The van der Waals surface area contributed by atoms with Crippen molar-refractivity contribution in [2.45, 2.75) is 20.8 Å². The van der Waals surface area contributed by atoms with E-state index in [-0.39, 0.29) is 6.61 Å². The molecule has 0 radical (unpaired) electrons. The van der Waals surface area contributed by atoms with E-state index in [0.29, 0.717) is 22.2 Å². The molecule has 0 atom stereocenters. The van der Waals surface area contributed by atoms with Crippen LogP contribution in [0.5, 0.6) is 5.75 Å². The number of halogens is 1. The Kier molecular flexibility index (Phi) is 6.03. The van der Waals surface area contributed by atoms with E-state index in [1.807, 2.05) is 13.8 Å². The fourth-order valence-corrected chi connectivity index (χ4v) is 2.28. The SMILES string of the molecule is Cc1cc(OCC(=O)OCC(=O)Nc2c(C)nn(C)c2C)ccc1Cl. The van der Waals surface area contributed by atoms with Gasteiger partial charge in [0.05, 0.1) is 17.1 Å². The molecule has 2 rings (SSSR count). The number of hydrogen-bond acceptors (Lipinski definition) is 5. The lowest BCUT2D eigenvalue weighted by molar-refractivity contribution is -0.149. The maximum Gasteiger partial charge on any atom is 0.344 e. The van der Waals surface area contributed by atoms with Gasteiger partial charge in [-0.1, -0.05) is 11.6 Å². The van der Waals surface area contributed by atoms with Gasteiger partial charge in [-0.25, -0.2) is 4.79 Å². The van der Waals surface area contributed by atoms with Crippen LogP contribution < -0.4 is 10.1 Å². The summed E-state index contributed by atoms with van der Waals surface area (Å²) in [4.78, 5) is 23.6. The van der Waals surface area contributed by atoms with Crippen LogP contribution in [0.4, 0.5) is 5.69 Å². The first-order chi connectivity index (χ1) is 11.8. The van der Waals surface area contributed by atoms with E-state index in [1.165, 1.54) is 0 Å². The number of nitrogens with zero attached hydrogens (tertiary/aromatic N) is 2. The van der Waals surface area contributed by atoms with Crippen molar-refractivity contribution in [1.29, 1.82) is 0 Å². The minimum Gasteiger partial charge on any atom is -0.482 e. The molecule has 0 unspecified atom stereocenters. The lowest BCUT2D eigenvalue weighted by atomic mass is 10.2. The van der Waals surface area contributed by atoms with Crippen LogP contribution in [0.15, 0.2) is 18.2 Å². The summed E-state index contributed by atoms with van der Waals surface area (Å²) in [6.07, 6.45) is 0. The van der Waals surface area contributed by atoms with Crippen molar-refractivity contribution in [2.75, 3.05) is 18.5 Å². The van der Waals surface area contributed by atoms with Gasteiger partial charge in [-0.3, -0.25) is 9.48 Å². The second kappa shape index (κ2) is 8.02. The summed E-state index contributed by atoms with van der Waals surface area (Å²) < 4.78 is 11.9. The molecule has 1 aromatic heterocycles. The molecule has 25 heavy (non-hydrogen) atoms. The molecule has 8 heteroatoms. The van der Waals surface area contributed by atoms with E-state index < -0.39 is 18.5 Å². The Labute approximate surface area is 150 Å². The van der Waals surface area contributed by atoms with E-state index in [9.17, 15) is 9.59 Å². The van der Waals surface area contributed by atoms with Crippen molar-refractivity contribution in [3.05, 3.63) is 40.2 Å². The van der Waals surface area contributed by atoms with Crippen LogP contribution in [0.2, 0.25) is 5.02 Å². The maximum atomic E-state index is 11.9. The Morgan fingerprint density at radius 3 is 2.56 bits per heavy atom. The fraction of sp³-hybridized carbons (Fsp3) is 0.353. The van der Waals surface area contributed by atoms with Crippen LogP contribution in [0.1, 0.15) is 17.0 Å². The lowest BCUT2D eigenvalue weighted by Crippen LogP contribution is -2.24. The Morgan fingerprint density at radius 2 is 1.96 bits per heavy atom. The first kappa shape index (κ1) is 18.8. The molecule has 7 nitrogen and oxygen atoms in total. The van der Waals surface area contributed by atoms with Crippen LogP contribution in [0, 0.1) is 20.8 Å². The Bertz CT molecular complexity index is 801. The van der Waals surface area contributed by atoms with E-state index >= 15 is 0 Å². The van der Waals surface area contributed by atoms with Gasteiger partial charge >= 0.3 is 5.97 Å². The molecule has 0 saturated carbocycles. The van der Waals surface area contributed by atoms with Gasteiger partial charge in [-0.05, 0) is 44.5 Å². The number of carbonyl (C=O) groups excluding carboxylic acids is 2. The predicted molar refractivity (Wildman–Crippen MR) is 94.0 cm³/mol. The van der Waals surface area contributed by atoms with E-state index in [0.717, 1.165) is 11.3 Å². The number of nitrogens with one attached hydrogen (secondary N) is 1. The van der Waals surface area contributed by atoms with Gasteiger partial charge in [0, 0.05) is 12.1 Å². The lowest BCUT2D eigenvalue weighted by Gasteiger charge is -2.09. The predicted octanol–water partition coefficient (Wildman–Crippen LogP) is 2.56. The molecule has 0 aliphatic heterocycles. The molecule has 0 aliphatic rings. The van der Waals surface area contributed by atoms with Crippen LogP contribution in [0.3, 0.4) is 0 Å². The number of esters is 1. The van der Waals surface area contributed by atoms with Crippen LogP contribution >= 0.6 is 11.6 Å². The molecular formula is C17H20ClN3O4. The molecule has 1 amide bonds. The van der Waals surface area contributed by atoms with Crippen LogP contribution in [-0.2, 0) is 21.4 Å². The van der Waals surface area contributed by atoms with Crippen molar-refractivity contribution < 1.29 is 19.1 Å². The average Bonchev–Trinajstić information content (AvgIpc) is 2.80. The normalized spacial score (nSPS) is 10.4. The highest BCUT2D eigenvalue weighted by molar-refractivity contribution is 6.31. The molecule has 1 heterocycles. The summed E-state index contributed by atoms with van der Waals surface area (Å²) in [5, 5.41) is 7.51. The zero-order valence-electron chi connectivity index (χ0n) is 14.6. The van der Waals surface area contributed by atoms with Gasteiger partial charge in [0.1, 0.15) is 5.75 Å². The topological polar surface area (TPSA) is 82.4 Å². The molecule has 2 aromatic rings. The summed E-state index contributed by atoms with van der Waals surface area (Å²) in [5.41, 5.74) is 2.98. The fourth-order valence-electron chi connectivity index (χ4n) is 2.17. The standard InChI is InChI=1S/C17H20ClN3O4/c1-10-7-13(5-6-14(10)18)24-9-16(23)25-8-15(22)19-17-11(2)20-21(4)12(17)3/h5-7H,8-9H2,1-4H3,(H,19,22). The highest BCUT2D eigenvalue weighted by atomic mass is 35.5. The van der Waals surface area contributed by atoms with Gasteiger partial charge in [-0.2, -0.15) is 5.10 Å². The molecule has 1 N–H and O–H groups in total. The second-order valence-corrected chi connectivity index (χ2v) is 5.99. The van der Waals surface area contributed by atoms with Crippen molar-refractivity contribution >= 4 is 29.2 Å². The molecule has 0 fully saturated rings. The average molecular weight is 366 g/mol. The molecule has 1 aromatic carbocycles. The van der Waals surface area contributed by atoms with Gasteiger partial charge in [-0.15, -0.1) is 0 Å². The number of rotatable bonds is 6. The van der Waals surface area contributed by atoms with Crippen molar-refractivity contribution in [3.8, 4) is 5.75 Å². The largest absolute Gasteiger partial charge is 0.482 e. The molecule has 0 aliphatic carbocycles. The van der Waals surface area contributed by atoms with Crippen molar-refractivity contribution in [1.82, 2.24) is 9.78 Å². The number of aromatic nitrogens is 2. The number of carbonyl (C=O) groups is 2. The van der Waals surface area contributed by atoms with Crippen LogP contribution in [-0.4, -0.2) is 34.9 Å². The van der Waals surface area contributed by atoms with Crippen molar-refractivity contribution in [2.24, 2.45) is 7.05 Å². The third kappa shape index (κ3) is 4.96. The van der Waals surface area contributed by atoms with E-state index in [1.54, 1.807) is 36.9 Å². The number of ether oxygens (including phenoxy) is 2. The quantitative estimate of drug-likeness (QED) is 0.795. The van der Waals surface area contributed by atoms with Gasteiger partial charge in [0.25, 0.3) is 5.91 Å². The molecule has 0 spiro atoms. The number of aryl methyl sites for hydroxylation is 3. The summed E-state index contributed by atoms with van der Waals surface area (Å²) in [6.45, 7) is 4.77. The van der Waals surface area contributed by atoms with Gasteiger partial charge in [0.15, 0.2) is 13.2 Å². The highest BCUT2D eigenvalue weighted by Crippen LogP contribution is 2.21. The van der Waals surface area contributed by atoms with Crippen LogP contribution in [0.25, 0.3) is 0 Å². The zero-order chi connectivity index (χ0) is 18.6. The Hall–Kier alpha value is -2.54. The molecule has 0 saturated heterocycles. The highest BCUT2D eigenvalue weighted by Gasteiger charge is 2.14. The smallest absolute Gasteiger partial charge is 0.344 e. The summed E-state index contributed by atoms with van der Waals surface area (Å²) >= 11 is 5.92. The van der Waals surface area contributed by atoms with Gasteiger partial charge < -0.3 is 14.8 Å². The maximum absolute atomic E-state index is 11.9. The summed E-state index contributed by atoms with van der Waals surface area (Å²) in [7, 11) is 1.79. The number of hydrogen-bond donors (Lipinski definition) is 1. The monoisotopic (exact) mass is 365 g/mol. The summed E-state index contributed by atoms with van der Waals surface area (Å²) in [6, 6.07) is 5.06. The minimum atomic E-state index is -0.637. The van der Waals surface area contributed by atoms with E-state index in [4.69, 9.17) is 21.1 Å². The first-order valence-electron chi connectivity index (χ1n) is 7.62. The molecular weight excluding hydrogens is 346 g/mol. The third-order valence-electron chi connectivity index (χ3n) is 3.62. The van der Waals surface area contributed by atoms with Gasteiger partial charge in [0.2, 0.25) is 0 Å². The van der Waals surface area contributed by atoms with Crippen molar-refractivity contribution in [3.63, 3.8) is 0 Å². The second-order valence-electron chi connectivity index (χ2n) is 5.58. The third-order valence-corrected chi connectivity index (χ3v) is 4.05. The molecule has 0 bridgehead atoms. The Balaban J connectivity index is 1.79. The molecule has 134 valence electrons. The number of amides is 1. The Morgan fingerprint density at radius 1 is 1.24 bits per heavy atom. The minimum absolute atomic E-state index is 0.292. The van der Waals surface area contributed by atoms with E-state index in [2.05, 4.69) is 10.4 Å². The summed E-state index contributed by atoms with van der Waals surface area (Å²) in [5.74, 6) is -0.567. The first-order valence-corrected chi connectivity index (χ1v) is 8.00.